The lowest BCUT2D eigenvalue weighted by Crippen LogP contribution is -2.36. The van der Waals surface area contributed by atoms with Crippen LogP contribution in [0, 0.1) is 5.92 Å². The number of anilines is 1. The molecule has 1 saturated heterocycles. The van der Waals surface area contributed by atoms with E-state index in [-0.39, 0.29) is 5.92 Å². The van der Waals surface area contributed by atoms with Gasteiger partial charge in [0.05, 0.1) is 7.11 Å². The highest BCUT2D eigenvalue weighted by Crippen LogP contribution is 2.28. The summed E-state index contributed by atoms with van der Waals surface area (Å²) in [5.74, 6) is 1.74. The third-order valence-corrected chi connectivity index (χ3v) is 2.92. The SMILES string of the molecule is COc1cccnc1N1CCCC(C=O)C1. The molecule has 1 aliphatic rings. The maximum Gasteiger partial charge on any atom is 0.171 e. The van der Waals surface area contributed by atoms with Crippen molar-refractivity contribution in [3.8, 4) is 5.75 Å². The lowest BCUT2D eigenvalue weighted by Gasteiger charge is -2.31. The highest BCUT2D eigenvalue weighted by atomic mass is 16.5. The zero-order valence-corrected chi connectivity index (χ0v) is 9.43. The first kappa shape index (κ1) is 10.9. The molecule has 16 heavy (non-hydrogen) atoms. The van der Waals surface area contributed by atoms with Gasteiger partial charge in [-0.05, 0) is 25.0 Å². The minimum Gasteiger partial charge on any atom is -0.493 e. The van der Waals surface area contributed by atoms with Gasteiger partial charge in [0.1, 0.15) is 6.29 Å². The van der Waals surface area contributed by atoms with Crippen LogP contribution in [0.2, 0.25) is 0 Å². The van der Waals surface area contributed by atoms with Crippen LogP contribution in [0.15, 0.2) is 18.3 Å². The molecule has 4 heteroatoms. The summed E-state index contributed by atoms with van der Waals surface area (Å²) in [7, 11) is 1.64. The first-order chi connectivity index (χ1) is 7.85. The van der Waals surface area contributed by atoms with E-state index in [0.717, 1.165) is 43.8 Å². The molecule has 1 aliphatic heterocycles. The van der Waals surface area contributed by atoms with Gasteiger partial charge in [-0.3, -0.25) is 0 Å². The minimum atomic E-state index is 0.125. The van der Waals surface area contributed by atoms with Crippen LogP contribution in [0.5, 0.6) is 5.75 Å². The molecule has 0 spiro atoms. The Balaban J connectivity index is 2.19. The average molecular weight is 220 g/mol. The Morgan fingerprint density at radius 2 is 2.50 bits per heavy atom. The van der Waals surface area contributed by atoms with Gasteiger partial charge >= 0.3 is 0 Å². The number of aromatic nitrogens is 1. The van der Waals surface area contributed by atoms with Crippen molar-refractivity contribution in [2.45, 2.75) is 12.8 Å². The van der Waals surface area contributed by atoms with Crippen LogP contribution in [-0.2, 0) is 4.79 Å². The Bertz CT molecular complexity index is 368. The molecule has 0 aromatic carbocycles. The predicted molar refractivity (Wildman–Crippen MR) is 61.8 cm³/mol. The number of ether oxygens (including phenoxy) is 1. The highest BCUT2D eigenvalue weighted by Gasteiger charge is 2.22. The number of aldehydes is 1. The van der Waals surface area contributed by atoms with Gasteiger partial charge < -0.3 is 14.4 Å². The number of hydrogen-bond donors (Lipinski definition) is 0. The molecule has 1 fully saturated rings. The topological polar surface area (TPSA) is 42.4 Å². The van der Waals surface area contributed by atoms with E-state index in [2.05, 4.69) is 9.88 Å². The van der Waals surface area contributed by atoms with Crippen molar-refractivity contribution in [2.24, 2.45) is 5.92 Å². The lowest BCUT2D eigenvalue weighted by molar-refractivity contribution is -0.111. The summed E-state index contributed by atoms with van der Waals surface area (Å²) < 4.78 is 5.27. The third-order valence-electron chi connectivity index (χ3n) is 2.92. The summed E-state index contributed by atoms with van der Waals surface area (Å²) in [6.45, 7) is 1.69. The number of carbonyl (C=O) groups excluding carboxylic acids is 1. The summed E-state index contributed by atoms with van der Waals surface area (Å²) in [6, 6.07) is 3.75. The van der Waals surface area contributed by atoms with Crippen molar-refractivity contribution < 1.29 is 9.53 Å². The van der Waals surface area contributed by atoms with E-state index in [9.17, 15) is 4.79 Å². The molecule has 0 N–H and O–H groups in total. The fourth-order valence-electron chi connectivity index (χ4n) is 2.09. The van der Waals surface area contributed by atoms with Crippen molar-refractivity contribution >= 4 is 12.1 Å². The van der Waals surface area contributed by atoms with Crippen LogP contribution < -0.4 is 9.64 Å². The summed E-state index contributed by atoms with van der Waals surface area (Å²) >= 11 is 0. The smallest absolute Gasteiger partial charge is 0.171 e. The molecule has 2 rings (SSSR count). The van der Waals surface area contributed by atoms with Crippen LogP contribution >= 0.6 is 0 Å². The third kappa shape index (κ3) is 2.15. The van der Waals surface area contributed by atoms with Crippen molar-refractivity contribution in [2.75, 3.05) is 25.1 Å². The first-order valence-electron chi connectivity index (χ1n) is 5.54. The number of rotatable bonds is 3. The second-order valence-electron chi connectivity index (χ2n) is 4.01. The molecule has 0 saturated carbocycles. The molecule has 2 heterocycles. The van der Waals surface area contributed by atoms with Crippen LogP contribution in [0.25, 0.3) is 0 Å². The van der Waals surface area contributed by atoms with Crippen molar-refractivity contribution in [3.63, 3.8) is 0 Å². The maximum absolute atomic E-state index is 10.8. The van der Waals surface area contributed by atoms with Gasteiger partial charge in [-0.15, -0.1) is 0 Å². The van der Waals surface area contributed by atoms with Gasteiger partial charge in [-0.2, -0.15) is 0 Å². The summed E-state index contributed by atoms with van der Waals surface area (Å²) in [4.78, 5) is 17.3. The molecule has 4 nitrogen and oxygen atoms in total. The normalized spacial score (nSPS) is 20.6. The second kappa shape index (κ2) is 4.96. The fraction of sp³-hybridized carbons (Fsp3) is 0.500. The van der Waals surface area contributed by atoms with Crippen molar-refractivity contribution in [1.82, 2.24) is 4.98 Å². The second-order valence-corrected chi connectivity index (χ2v) is 4.01. The zero-order valence-electron chi connectivity index (χ0n) is 9.43. The molecule has 0 bridgehead atoms. The Morgan fingerprint density at radius 1 is 1.62 bits per heavy atom. The quantitative estimate of drug-likeness (QED) is 0.724. The van der Waals surface area contributed by atoms with E-state index in [1.54, 1.807) is 13.3 Å². The molecule has 1 atom stereocenters. The Morgan fingerprint density at radius 3 is 3.25 bits per heavy atom. The number of nitrogens with zero attached hydrogens (tertiary/aromatic N) is 2. The van der Waals surface area contributed by atoms with E-state index >= 15 is 0 Å². The molecule has 0 amide bonds. The maximum atomic E-state index is 10.8. The van der Waals surface area contributed by atoms with Gasteiger partial charge in [0.25, 0.3) is 0 Å². The van der Waals surface area contributed by atoms with E-state index in [1.165, 1.54) is 0 Å². The van der Waals surface area contributed by atoms with Gasteiger partial charge in [-0.25, -0.2) is 4.98 Å². The summed E-state index contributed by atoms with van der Waals surface area (Å²) in [5, 5.41) is 0. The van der Waals surface area contributed by atoms with Crippen LogP contribution in [0.3, 0.4) is 0 Å². The van der Waals surface area contributed by atoms with Crippen molar-refractivity contribution in [1.29, 1.82) is 0 Å². The zero-order chi connectivity index (χ0) is 11.4. The molecule has 0 radical (unpaired) electrons. The molecule has 1 aromatic rings. The number of carbonyl (C=O) groups is 1. The van der Waals surface area contributed by atoms with Crippen LogP contribution in [0.4, 0.5) is 5.82 Å². The van der Waals surface area contributed by atoms with Gasteiger partial charge in [0, 0.05) is 25.2 Å². The average Bonchev–Trinajstić information content (AvgIpc) is 2.38. The van der Waals surface area contributed by atoms with E-state index < -0.39 is 0 Å². The van der Waals surface area contributed by atoms with Crippen molar-refractivity contribution in [3.05, 3.63) is 18.3 Å². The van der Waals surface area contributed by atoms with E-state index in [0.29, 0.717) is 0 Å². The molecular weight excluding hydrogens is 204 g/mol. The minimum absolute atomic E-state index is 0.125. The number of pyridine rings is 1. The molecule has 86 valence electrons. The fourth-order valence-corrected chi connectivity index (χ4v) is 2.09. The summed E-state index contributed by atoms with van der Waals surface area (Å²) in [6.07, 6.45) is 4.81. The van der Waals surface area contributed by atoms with Crippen LogP contribution in [-0.4, -0.2) is 31.5 Å². The molecular formula is C12H16N2O2. The largest absolute Gasteiger partial charge is 0.493 e. The van der Waals surface area contributed by atoms with E-state index in [4.69, 9.17) is 4.74 Å². The summed E-state index contributed by atoms with van der Waals surface area (Å²) in [5.41, 5.74) is 0. The molecule has 0 aliphatic carbocycles. The number of hydrogen-bond acceptors (Lipinski definition) is 4. The molecule has 1 unspecified atom stereocenters. The molecule has 1 aromatic heterocycles. The standard InChI is InChI=1S/C12H16N2O2/c1-16-11-5-2-6-13-12(11)14-7-3-4-10(8-14)9-15/h2,5-6,9-10H,3-4,7-8H2,1H3. The van der Waals surface area contributed by atoms with E-state index in [1.807, 2.05) is 12.1 Å². The van der Waals surface area contributed by atoms with Gasteiger partial charge in [0.2, 0.25) is 0 Å². The van der Waals surface area contributed by atoms with Crippen LogP contribution in [0.1, 0.15) is 12.8 Å². The monoisotopic (exact) mass is 220 g/mol. The Labute approximate surface area is 95.2 Å². The predicted octanol–water partition coefficient (Wildman–Crippen LogP) is 1.51. The number of piperidine rings is 1. The first-order valence-corrected chi connectivity index (χ1v) is 5.54. The van der Waals surface area contributed by atoms with Gasteiger partial charge in [-0.1, -0.05) is 0 Å². The highest BCUT2D eigenvalue weighted by molar-refractivity contribution is 5.58. The lowest BCUT2D eigenvalue weighted by atomic mass is 10.00. The van der Waals surface area contributed by atoms with Gasteiger partial charge in [0.15, 0.2) is 11.6 Å². The Hall–Kier alpha value is -1.58. The number of methoxy groups -OCH3 is 1. The Kier molecular flexibility index (Phi) is 3.39.